The third kappa shape index (κ3) is 1.81. The lowest BCUT2D eigenvalue weighted by atomic mass is 10.2. The highest BCUT2D eigenvalue weighted by molar-refractivity contribution is 5.97. The molecule has 0 saturated carbocycles. The largest absolute Gasteiger partial charge is 0.335 e. The number of hydrogen-bond donors (Lipinski definition) is 0. The number of aryl methyl sites for hydroxylation is 2. The molecule has 0 aliphatic carbocycles. The molecular formula is C15H13N3O. The first-order valence-electron chi connectivity index (χ1n) is 6.05. The van der Waals surface area contributed by atoms with Gasteiger partial charge in [-0.3, -0.25) is 4.79 Å². The number of aldehydes is 1. The Bertz CT molecular complexity index is 760. The number of nitrogens with zero attached hydrogens (tertiary/aromatic N) is 3. The predicted molar refractivity (Wildman–Crippen MR) is 74.1 cm³/mol. The molecule has 1 aromatic carbocycles. The first kappa shape index (κ1) is 11.6. The average molecular weight is 251 g/mol. The molecule has 0 unspecified atom stereocenters. The summed E-state index contributed by atoms with van der Waals surface area (Å²) < 4.78 is 1.86. The van der Waals surface area contributed by atoms with Crippen molar-refractivity contribution < 1.29 is 4.79 Å². The minimum absolute atomic E-state index is 0.634. The molecule has 0 bridgehead atoms. The van der Waals surface area contributed by atoms with E-state index in [0.717, 1.165) is 28.6 Å². The Morgan fingerprint density at radius 3 is 2.58 bits per heavy atom. The van der Waals surface area contributed by atoms with Gasteiger partial charge in [-0.2, -0.15) is 0 Å². The summed E-state index contributed by atoms with van der Waals surface area (Å²) in [5.41, 5.74) is 3.22. The summed E-state index contributed by atoms with van der Waals surface area (Å²) in [5, 5.41) is 0.831. The molecule has 0 amide bonds. The van der Waals surface area contributed by atoms with Gasteiger partial charge >= 0.3 is 0 Å². The highest BCUT2D eigenvalue weighted by atomic mass is 16.1. The molecular weight excluding hydrogens is 238 g/mol. The minimum atomic E-state index is 0.634. The zero-order chi connectivity index (χ0) is 13.4. The number of hydrogen-bond acceptors (Lipinski definition) is 3. The molecule has 0 aliphatic rings. The highest BCUT2D eigenvalue weighted by Crippen LogP contribution is 2.24. The molecule has 0 radical (unpaired) electrons. The number of fused-ring (bicyclic) bond motifs is 1. The van der Waals surface area contributed by atoms with E-state index in [1.54, 1.807) is 6.20 Å². The van der Waals surface area contributed by atoms with Crippen LogP contribution in [0.25, 0.3) is 22.4 Å². The molecule has 2 aromatic heterocycles. The van der Waals surface area contributed by atoms with Crippen molar-refractivity contribution in [3.05, 3.63) is 47.8 Å². The van der Waals surface area contributed by atoms with Crippen LogP contribution in [0.3, 0.4) is 0 Å². The van der Waals surface area contributed by atoms with E-state index in [2.05, 4.69) is 9.97 Å². The average Bonchev–Trinajstić information content (AvgIpc) is 2.77. The van der Waals surface area contributed by atoms with Crippen LogP contribution in [0.1, 0.15) is 16.1 Å². The van der Waals surface area contributed by atoms with Gasteiger partial charge in [0.15, 0.2) is 12.1 Å². The maximum atomic E-state index is 11.1. The van der Waals surface area contributed by atoms with Crippen molar-refractivity contribution in [2.75, 3.05) is 0 Å². The number of benzene rings is 1. The molecule has 4 nitrogen and oxygen atoms in total. The lowest BCUT2D eigenvalue weighted by Gasteiger charge is -2.04. The summed E-state index contributed by atoms with van der Waals surface area (Å²) in [6.45, 7) is 1.91. The molecule has 0 N–H and O–H groups in total. The van der Waals surface area contributed by atoms with Gasteiger partial charge in [0.2, 0.25) is 0 Å². The second-order valence-electron chi connectivity index (χ2n) is 4.51. The van der Waals surface area contributed by atoms with Crippen molar-refractivity contribution in [3.8, 4) is 11.4 Å². The molecule has 94 valence electrons. The van der Waals surface area contributed by atoms with Gasteiger partial charge in [0.25, 0.3) is 0 Å². The fraction of sp³-hybridized carbons (Fsp3) is 0.133. The van der Waals surface area contributed by atoms with Crippen molar-refractivity contribution in [2.45, 2.75) is 6.92 Å². The number of aromatic nitrogens is 3. The normalized spacial score (nSPS) is 10.8. The quantitative estimate of drug-likeness (QED) is 0.658. The Morgan fingerprint density at radius 1 is 1.16 bits per heavy atom. The van der Waals surface area contributed by atoms with Crippen molar-refractivity contribution >= 4 is 17.3 Å². The number of carbonyl (C=O) groups excluding carboxylic acids is 1. The van der Waals surface area contributed by atoms with Crippen LogP contribution in [0.5, 0.6) is 0 Å². The summed E-state index contributed by atoms with van der Waals surface area (Å²) >= 11 is 0. The predicted octanol–water partition coefficient (Wildman–Crippen LogP) is 2.76. The molecule has 0 fully saturated rings. The van der Waals surface area contributed by atoms with Crippen LogP contribution in [0, 0.1) is 6.92 Å². The van der Waals surface area contributed by atoms with Crippen LogP contribution in [-0.2, 0) is 7.05 Å². The molecule has 2 heterocycles. The Labute approximate surface area is 110 Å². The first-order chi connectivity index (χ1) is 9.20. The van der Waals surface area contributed by atoms with Gasteiger partial charge in [-0.05, 0) is 6.92 Å². The van der Waals surface area contributed by atoms with E-state index in [1.807, 2.05) is 48.9 Å². The maximum Gasteiger partial charge on any atom is 0.161 e. The van der Waals surface area contributed by atoms with E-state index in [4.69, 9.17) is 0 Å². The topological polar surface area (TPSA) is 47.8 Å². The molecule has 0 saturated heterocycles. The van der Waals surface area contributed by atoms with E-state index < -0.39 is 0 Å². The Hall–Kier alpha value is -2.49. The van der Waals surface area contributed by atoms with E-state index >= 15 is 0 Å². The van der Waals surface area contributed by atoms with E-state index in [-0.39, 0.29) is 0 Å². The zero-order valence-corrected chi connectivity index (χ0v) is 10.8. The van der Waals surface area contributed by atoms with Gasteiger partial charge in [0.05, 0.1) is 11.1 Å². The Kier molecular flexibility index (Phi) is 2.63. The molecule has 0 aliphatic heterocycles. The summed E-state index contributed by atoms with van der Waals surface area (Å²) in [7, 11) is 1.89. The van der Waals surface area contributed by atoms with Crippen LogP contribution >= 0.6 is 0 Å². The van der Waals surface area contributed by atoms with Gasteiger partial charge in [0.1, 0.15) is 5.65 Å². The van der Waals surface area contributed by atoms with Gasteiger partial charge in [-0.25, -0.2) is 9.97 Å². The summed E-state index contributed by atoms with van der Waals surface area (Å²) in [5.74, 6) is 0.684. The third-order valence-corrected chi connectivity index (χ3v) is 3.19. The molecule has 3 rings (SSSR count). The Balaban J connectivity index is 2.31. The molecule has 0 spiro atoms. The fourth-order valence-electron chi connectivity index (χ4n) is 2.29. The number of rotatable bonds is 2. The van der Waals surface area contributed by atoms with Gasteiger partial charge in [-0.1, -0.05) is 30.3 Å². The van der Waals surface area contributed by atoms with Crippen LogP contribution in [0.2, 0.25) is 0 Å². The van der Waals surface area contributed by atoms with Gasteiger partial charge in [0, 0.05) is 24.4 Å². The minimum Gasteiger partial charge on any atom is -0.335 e. The Morgan fingerprint density at radius 2 is 1.89 bits per heavy atom. The summed E-state index contributed by atoms with van der Waals surface area (Å²) in [6, 6.07) is 9.83. The molecule has 4 heteroatoms. The lowest BCUT2D eigenvalue weighted by Crippen LogP contribution is -1.96. The lowest BCUT2D eigenvalue weighted by molar-refractivity contribution is 0.112. The van der Waals surface area contributed by atoms with Crippen LogP contribution in [-0.4, -0.2) is 20.8 Å². The van der Waals surface area contributed by atoms with Gasteiger partial charge in [-0.15, -0.1) is 0 Å². The number of carbonyl (C=O) groups is 1. The smallest absolute Gasteiger partial charge is 0.161 e. The summed E-state index contributed by atoms with van der Waals surface area (Å²) in [6.07, 6.45) is 2.63. The zero-order valence-electron chi connectivity index (χ0n) is 10.8. The molecule has 19 heavy (non-hydrogen) atoms. The van der Waals surface area contributed by atoms with Crippen LogP contribution in [0.15, 0.2) is 36.5 Å². The van der Waals surface area contributed by atoms with Crippen molar-refractivity contribution in [1.29, 1.82) is 0 Å². The second kappa shape index (κ2) is 4.31. The standard InChI is InChI=1S/C15H13N3O/c1-10-13-12(9-19)8-18(2)15(13)17-14(16-10)11-6-4-3-5-7-11/h3-9H,1-2H3. The first-order valence-corrected chi connectivity index (χ1v) is 6.05. The summed E-state index contributed by atoms with van der Waals surface area (Å²) in [4.78, 5) is 20.1. The highest BCUT2D eigenvalue weighted by Gasteiger charge is 2.13. The SMILES string of the molecule is Cc1nc(-c2ccccc2)nc2c1c(C=O)cn2C. The second-order valence-corrected chi connectivity index (χ2v) is 4.51. The maximum absolute atomic E-state index is 11.1. The van der Waals surface area contributed by atoms with Gasteiger partial charge < -0.3 is 4.57 Å². The fourth-order valence-corrected chi connectivity index (χ4v) is 2.29. The van der Waals surface area contributed by atoms with Crippen molar-refractivity contribution in [1.82, 2.24) is 14.5 Å². The van der Waals surface area contributed by atoms with E-state index in [0.29, 0.717) is 11.4 Å². The monoisotopic (exact) mass is 251 g/mol. The molecule has 0 atom stereocenters. The van der Waals surface area contributed by atoms with Crippen LogP contribution < -0.4 is 0 Å². The molecule has 3 aromatic rings. The van der Waals surface area contributed by atoms with Crippen molar-refractivity contribution in [3.63, 3.8) is 0 Å². The van der Waals surface area contributed by atoms with Crippen LogP contribution in [0.4, 0.5) is 0 Å². The van der Waals surface area contributed by atoms with E-state index in [9.17, 15) is 4.79 Å². The third-order valence-electron chi connectivity index (χ3n) is 3.19. The van der Waals surface area contributed by atoms with E-state index in [1.165, 1.54) is 0 Å². The van der Waals surface area contributed by atoms with Crippen molar-refractivity contribution in [2.24, 2.45) is 7.05 Å².